The van der Waals surface area contributed by atoms with Gasteiger partial charge in [0.2, 0.25) is 0 Å². The van der Waals surface area contributed by atoms with E-state index in [4.69, 9.17) is 10.3 Å². The molecular weight excluding hydrogens is 245 g/mol. The molecule has 1 unspecified atom stereocenters. The van der Waals surface area contributed by atoms with Crippen LogP contribution in [0.15, 0.2) is 42.5 Å². The van der Waals surface area contributed by atoms with Crippen LogP contribution in [-0.4, -0.2) is 6.16 Å². The van der Waals surface area contributed by atoms with E-state index in [0.717, 1.165) is 16.4 Å². The second kappa shape index (κ2) is 3.89. The average molecular weight is 259 g/mol. The maximum Gasteiger partial charge on any atom is 0.277 e. The third-order valence-electron chi connectivity index (χ3n) is 3.23. The molecule has 2 N–H and O–H groups in total. The van der Waals surface area contributed by atoms with Crippen LogP contribution < -0.4 is 15.6 Å². The summed E-state index contributed by atoms with van der Waals surface area (Å²) >= 11 is 0. The molecule has 1 heterocycles. The Balaban J connectivity index is 2.33. The molecule has 92 valence electrons. The van der Waals surface area contributed by atoms with Gasteiger partial charge in [-0.15, -0.1) is 0 Å². The molecule has 1 aliphatic heterocycles. The van der Waals surface area contributed by atoms with Crippen LogP contribution in [0.25, 0.3) is 11.1 Å². The molecule has 0 saturated heterocycles. The number of anilines is 1. The molecule has 0 aromatic heterocycles. The van der Waals surface area contributed by atoms with Crippen LogP contribution >= 0.6 is 7.37 Å². The van der Waals surface area contributed by atoms with E-state index in [1.54, 1.807) is 12.1 Å². The smallest absolute Gasteiger partial charge is 0.277 e. The number of benzene rings is 2. The van der Waals surface area contributed by atoms with Gasteiger partial charge in [0.1, 0.15) is 5.75 Å². The number of hydrogen-bond donors (Lipinski definition) is 1. The minimum Gasteiger partial charge on any atom is -0.439 e. The summed E-state index contributed by atoms with van der Waals surface area (Å²) in [7, 11) is -2.77. The molecule has 18 heavy (non-hydrogen) atoms. The molecule has 0 radical (unpaired) electrons. The summed E-state index contributed by atoms with van der Waals surface area (Å²) < 4.78 is 18.6. The van der Waals surface area contributed by atoms with Crippen LogP contribution in [0, 0.1) is 0 Å². The van der Waals surface area contributed by atoms with Crippen molar-refractivity contribution < 1.29 is 9.09 Å². The van der Waals surface area contributed by atoms with Gasteiger partial charge in [-0.25, -0.2) is 0 Å². The lowest BCUT2D eigenvalue weighted by molar-refractivity contribution is 0.492. The molecule has 3 nitrogen and oxygen atoms in total. The van der Waals surface area contributed by atoms with Crippen LogP contribution in [0.2, 0.25) is 0 Å². The second-order valence-corrected chi connectivity index (χ2v) is 7.00. The van der Waals surface area contributed by atoms with Gasteiger partial charge >= 0.3 is 0 Å². The van der Waals surface area contributed by atoms with Gasteiger partial charge in [-0.1, -0.05) is 25.1 Å². The normalized spacial score (nSPS) is 20.7. The highest BCUT2D eigenvalue weighted by atomic mass is 31.2. The Labute approximate surface area is 106 Å². The third-order valence-corrected chi connectivity index (χ3v) is 5.68. The maximum absolute atomic E-state index is 12.8. The van der Waals surface area contributed by atoms with E-state index >= 15 is 0 Å². The zero-order valence-corrected chi connectivity index (χ0v) is 11.0. The van der Waals surface area contributed by atoms with Crippen molar-refractivity contribution in [1.82, 2.24) is 0 Å². The van der Waals surface area contributed by atoms with Gasteiger partial charge in [0.25, 0.3) is 7.37 Å². The summed E-state index contributed by atoms with van der Waals surface area (Å²) in [4.78, 5) is 0. The lowest BCUT2D eigenvalue weighted by Gasteiger charge is -2.28. The Morgan fingerprint density at radius 3 is 2.72 bits per heavy atom. The molecule has 1 atom stereocenters. The van der Waals surface area contributed by atoms with E-state index in [9.17, 15) is 4.57 Å². The molecule has 0 saturated carbocycles. The first-order chi connectivity index (χ1) is 8.64. The minimum absolute atomic E-state index is 0.494. The SMILES string of the molecule is CCP1(=O)Oc2ccc(N)cc2-c2ccccc21. The van der Waals surface area contributed by atoms with Crippen molar-refractivity contribution in [3.63, 3.8) is 0 Å². The molecule has 4 heteroatoms. The highest BCUT2D eigenvalue weighted by Crippen LogP contribution is 2.54. The molecule has 0 fully saturated rings. The lowest BCUT2D eigenvalue weighted by atomic mass is 10.0. The van der Waals surface area contributed by atoms with Crippen molar-refractivity contribution in [2.24, 2.45) is 0 Å². The summed E-state index contributed by atoms with van der Waals surface area (Å²) in [5.41, 5.74) is 8.39. The predicted molar refractivity (Wildman–Crippen MR) is 74.7 cm³/mol. The second-order valence-electron chi connectivity index (χ2n) is 4.35. The Kier molecular flexibility index (Phi) is 2.46. The Morgan fingerprint density at radius 2 is 1.94 bits per heavy atom. The van der Waals surface area contributed by atoms with Crippen LogP contribution in [0.4, 0.5) is 5.69 Å². The zero-order valence-electron chi connectivity index (χ0n) is 10.1. The van der Waals surface area contributed by atoms with Gasteiger partial charge < -0.3 is 10.3 Å². The Morgan fingerprint density at radius 1 is 1.17 bits per heavy atom. The largest absolute Gasteiger partial charge is 0.439 e. The van der Waals surface area contributed by atoms with E-state index < -0.39 is 7.37 Å². The highest BCUT2D eigenvalue weighted by Gasteiger charge is 2.33. The zero-order chi connectivity index (χ0) is 12.8. The van der Waals surface area contributed by atoms with Gasteiger partial charge in [-0.2, -0.15) is 0 Å². The first-order valence-corrected chi connectivity index (χ1v) is 7.73. The van der Waals surface area contributed by atoms with Gasteiger partial charge in [-0.05, 0) is 29.8 Å². The van der Waals surface area contributed by atoms with E-state index in [1.807, 2.05) is 37.3 Å². The van der Waals surface area contributed by atoms with Crippen molar-refractivity contribution in [3.05, 3.63) is 42.5 Å². The molecule has 0 bridgehead atoms. The van der Waals surface area contributed by atoms with Crippen molar-refractivity contribution in [2.45, 2.75) is 6.92 Å². The number of nitrogens with two attached hydrogens (primary N) is 1. The summed E-state index contributed by atoms with van der Waals surface area (Å²) in [5.74, 6) is 0.660. The predicted octanol–water partition coefficient (Wildman–Crippen LogP) is 3.25. The van der Waals surface area contributed by atoms with Crippen molar-refractivity contribution in [3.8, 4) is 16.9 Å². The van der Waals surface area contributed by atoms with Gasteiger partial charge in [-0.3, -0.25) is 4.57 Å². The van der Waals surface area contributed by atoms with Crippen LogP contribution in [0.1, 0.15) is 6.92 Å². The molecule has 0 amide bonds. The van der Waals surface area contributed by atoms with E-state index in [0.29, 0.717) is 17.6 Å². The molecule has 1 aliphatic rings. The molecule has 0 aliphatic carbocycles. The van der Waals surface area contributed by atoms with Crippen LogP contribution in [0.3, 0.4) is 0 Å². The Hall–Kier alpha value is -1.73. The van der Waals surface area contributed by atoms with Gasteiger partial charge in [0, 0.05) is 17.4 Å². The van der Waals surface area contributed by atoms with E-state index in [2.05, 4.69) is 0 Å². The first kappa shape index (κ1) is 11.4. The first-order valence-electron chi connectivity index (χ1n) is 5.92. The van der Waals surface area contributed by atoms with Crippen molar-refractivity contribution in [1.29, 1.82) is 0 Å². The van der Waals surface area contributed by atoms with E-state index in [-0.39, 0.29) is 0 Å². The topological polar surface area (TPSA) is 52.3 Å². The summed E-state index contributed by atoms with van der Waals surface area (Å²) in [6, 6.07) is 13.1. The maximum atomic E-state index is 12.8. The molecule has 2 aromatic carbocycles. The number of nitrogen functional groups attached to an aromatic ring is 1. The van der Waals surface area contributed by atoms with Gasteiger partial charge in [0.15, 0.2) is 0 Å². The molecular formula is C14H14NO2P. The monoisotopic (exact) mass is 259 g/mol. The van der Waals surface area contributed by atoms with Crippen LogP contribution in [-0.2, 0) is 4.57 Å². The highest BCUT2D eigenvalue weighted by molar-refractivity contribution is 7.67. The fraction of sp³-hybridized carbons (Fsp3) is 0.143. The summed E-state index contributed by atoms with van der Waals surface area (Å²) in [5, 5.41) is 0.797. The number of fused-ring (bicyclic) bond motifs is 3. The molecule has 3 rings (SSSR count). The number of rotatable bonds is 1. The van der Waals surface area contributed by atoms with Crippen LogP contribution in [0.5, 0.6) is 5.75 Å². The molecule has 2 aromatic rings. The van der Waals surface area contributed by atoms with Crippen molar-refractivity contribution >= 4 is 18.4 Å². The quantitative estimate of drug-likeness (QED) is 0.631. The van der Waals surface area contributed by atoms with Gasteiger partial charge in [0.05, 0.1) is 5.30 Å². The standard InChI is InChI=1S/C14H14NO2P/c1-2-18(16)14-6-4-3-5-11(14)12-9-10(15)7-8-13(12)17-18/h3-9H,2,15H2,1H3. The fourth-order valence-corrected chi connectivity index (χ4v) is 4.20. The van der Waals surface area contributed by atoms with Crippen molar-refractivity contribution in [2.75, 3.05) is 11.9 Å². The molecule has 0 spiro atoms. The van der Waals surface area contributed by atoms with E-state index in [1.165, 1.54) is 0 Å². The lowest BCUT2D eigenvalue weighted by Crippen LogP contribution is -2.18. The summed E-state index contributed by atoms with van der Waals surface area (Å²) in [6.07, 6.45) is 0.494. The fourth-order valence-electron chi connectivity index (χ4n) is 2.28. The third kappa shape index (κ3) is 1.55. The minimum atomic E-state index is -2.77. The summed E-state index contributed by atoms with van der Waals surface area (Å²) in [6.45, 7) is 1.89. The Bertz CT molecular complexity index is 667. The average Bonchev–Trinajstić information content (AvgIpc) is 2.40. The number of hydrogen-bond acceptors (Lipinski definition) is 3.